The fourth-order valence-corrected chi connectivity index (χ4v) is 1.85. The van der Waals surface area contributed by atoms with Gasteiger partial charge in [0.2, 0.25) is 5.91 Å². The Morgan fingerprint density at radius 3 is 2.24 bits per heavy atom. The number of amides is 2. The van der Waals surface area contributed by atoms with E-state index in [9.17, 15) is 9.59 Å². The van der Waals surface area contributed by atoms with Crippen LogP contribution in [0.25, 0.3) is 0 Å². The number of allylic oxidation sites excluding steroid dienone is 1. The summed E-state index contributed by atoms with van der Waals surface area (Å²) in [4.78, 5) is 27.8. The molecule has 0 bridgehead atoms. The quantitative estimate of drug-likeness (QED) is 0.158. The molecule has 0 saturated heterocycles. The van der Waals surface area contributed by atoms with E-state index in [1.807, 2.05) is 26.0 Å². The molecule has 0 atom stereocenters. The van der Waals surface area contributed by atoms with Gasteiger partial charge in [0.1, 0.15) is 0 Å². The van der Waals surface area contributed by atoms with Gasteiger partial charge in [-0.15, -0.1) is 11.8 Å². The molecule has 4 N–H and O–H groups in total. The van der Waals surface area contributed by atoms with Gasteiger partial charge in [-0.1, -0.05) is 36.6 Å². The van der Waals surface area contributed by atoms with Crippen molar-refractivity contribution >= 4 is 11.8 Å². The van der Waals surface area contributed by atoms with Crippen LogP contribution in [0.2, 0.25) is 0 Å². The maximum Gasteiger partial charge on any atom is 0.272 e. The molecule has 25 heavy (non-hydrogen) atoms. The van der Waals surface area contributed by atoms with Crippen molar-refractivity contribution in [3.63, 3.8) is 0 Å². The lowest BCUT2D eigenvalue weighted by molar-refractivity contribution is -0.158. The molecule has 0 aromatic heterocycles. The molecular formula is C18H29N3O4. The molecule has 1 aromatic rings. The number of carbonyl (C=O) groups is 2. The summed E-state index contributed by atoms with van der Waals surface area (Å²) in [5.74, 6) is 5.39. The Bertz CT molecular complexity index is 518. The maximum absolute atomic E-state index is 11.8. The van der Waals surface area contributed by atoms with E-state index in [1.165, 1.54) is 0 Å². The summed E-state index contributed by atoms with van der Waals surface area (Å²) in [6.45, 7) is 7.21. The van der Waals surface area contributed by atoms with Gasteiger partial charge in [0.15, 0.2) is 5.75 Å². The second-order valence-corrected chi connectivity index (χ2v) is 5.48. The largest absolute Gasteiger partial charge is 0.361 e. The summed E-state index contributed by atoms with van der Waals surface area (Å²) >= 11 is 0. The first-order valence-electron chi connectivity index (χ1n) is 8.26. The summed E-state index contributed by atoms with van der Waals surface area (Å²) in [5.41, 5.74) is 2.68. The van der Waals surface area contributed by atoms with E-state index < -0.39 is 5.91 Å². The first-order chi connectivity index (χ1) is 11.9. The van der Waals surface area contributed by atoms with Crippen LogP contribution in [-0.4, -0.2) is 22.2 Å². The van der Waals surface area contributed by atoms with Crippen molar-refractivity contribution < 1.29 is 19.6 Å². The second kappa shape index (κ2) is 14.0. The minimum atomic E-state index is -0.393. The number of aryl methyl sites for hydroxylation is 1. The van der Waals surface area contributed by atoms with Crippen LogP contribution in [0, 0.1) is 6.92 Å². The van der Waals surface area contributed by atoms with Gasteiger partial charge in [0.05, 0.1) is 0 Å². The lowest BCUT2D eigenvalue weighted by Gasteiger charge is -2.16. The predicted octanol–water partition coefficient (Wildman–Crippen LogP) is 3.03. The van der Waals surface area contributed by atoms with Crippen LogP contribution in [0.5, 0.6) is 5.75 Å². The van der Waals surface area contributed by atoms with Gasteiger partial charge in [0, 0.05) is 12.8 Å². The van der Waals surface area contributed by atoms with Crippen LogP contribution in [0.1, 0.15) is 51.0 Å². The molecule has 0 aliphatic heterocycles. The highest BCUT2D eigenvalue weighted by atomic mass is 16.7. The molecule has 0 radical (unpaired) electrons. The summed E-state index contributed by atoms with van der Waals surface area (Å²) in [5, 5.41) is 9.08. The van der Waals surface area contributed by atoms with E-state index >= 15 is 0 Å². The number of rotatable bonds is 9. The van der Waals surface area contributed by atoms with Gasteiger partial charge in [-0.05, 0) is 38.8 Å². The van der Waals surface area contributed by atoms with Crippen LogP contribution in [0.4, 0.5) is 0 Å². The molecule has 1 aromatic carbocycles. The third-order valence-electron chi connectivity index (χ3n) is 3.14. The summed E-state index contributed by atoms with van der Waals surface area (Å²) < 4.78 is 0. The number of unbranched alkanes of at least 4 members (excludes halogenated alkanes) is 3. The number of carbonyl (C=O) groups excluding carboxylic acids is 2. The maximum atomic E-state index is 11.8. The lowest BCUT2D eigenvalue weighted by Crippen LogP contribution is -2.40. The minimum Gasteiger partial charge on any atom is -0.361 e. The van der Waals surface area contributed by atoms with Gasteiger partial charge >= 0.3 is 0 Å². The molecule has 2 amide bonds. The molecule has 140 valence electrons. The number of hydroxylamine groups is 2. The molecule has 1 rings (SSSR count). The summed E-state index contributed by atoms with van der Waals surface area (Å²) in [7, 11) is 0. The van der Waals surface area contributed by atoms with Gasteiger partial charge in [0.25, 0.3) is 5.91 Å². The Balaban J connectivity index is 0.00000178. The van der Waals surface area contributed by atoms with Crippen molar-refractivity contribution in [1.82, 2.24) is 10.7 Å². The first-order valence-corrected chi connectivity index (χ1v) is 8.26. The zero-order chi connectivity index (χ0) is 19.1. The predicted molar refractivity (Wildman–Crippen MR) is 96.3 cm³/mol. The molecule has 0 aliphatic rings. The zero-order valence-electron chi connectivity index (χ0n) is 15.0. The number of benzene rings is 1. The molecule has 0 fully saturated rings. The molecule has 0 heterocycles. The van der Waals surface area contributed by atoms with E-state index in [0.717, 1.165) is 23.6 Å². The standard InChI is InChI=1S/C15H23N3O4.C3H6/c1-12-8-10-13(11-9-12)22-18(16)15(20)7-5-3-2-4-6-14(19)17-21;1-3-2/h8-11,21H,2-7,16H2,1H3,(H,17,19);3H,1H2,2H3. The SMILES string of the molecule is C=CC.Cc1ccc(ON(N)C(=O)CCCCCCC(=O)NO)cc1. The topological polar surface area (TPSA) is 105 Å². The fourth-order valence-electron chi connectivity index (χ4n) is 1.85. The van der Waals surface area contributed by atoms with Crippen LogP contribution >= 0.6 is 0 Å². The van der Waals surface area contributed by atoms with Crippen molar-refractivity contribution in [3.8, 4) is 5.75 Å². The van der Waals surface area contributed by atoms with Crippen molar-refractivity contribution in [2.45, 2.75) is 52.4 Å². The van der Waals surface area contributed by atoms with E-state index in [2.05, 4.69) is 6.58 Å². The monoisotopic (exact) mass is 351 g/mol. The molecule has 0 unspecified atom stereocenters. The Kier molecular flexibility index (Phi) is 12.7. The first kappa shape index (κ1) is 22.6. The third kappa shape index (κ3) is 11.7. The van der Waals surface area contributed by atoms with Crippen molar-refractivity contribution in [3.05, 3.63) is 42.5 Å². The number of hydrogen-bond donors (Lipinski definition) is 3. The lowest BCUT2D eigenvalue weighted by atomic mass is 10.1. The normalized spacial score (nSPS) is 9.44. The molecule has 0 spiro atoms. The fraction of sp³-hybridized carbons (Fsp3) is 0.444. The molecule has 0 aliphatic carbocycles. The minimum absolute atomic E-state index is 0.282. The van der Waals surface area contributed by atoms with Gasteiger partial charge < -0.3 is 4.84 Å². The zero-order valence-corrected chi connectivity index (χ0v) is 15.0. The van der Waals surface area contributed by atoms with Crippen LogP contribution < -0.4 is 16.2 Å². The summed E-state index contributed by atoms with van der Waals surface area (Å²) in [6, 6.07) is 7.23. The number of hydrazine groups is 1. The van der Waals surface area contributed by atoms with Gasteiger partial charge in [-0.3, -0.25) is 14.8 Å². The third-order valence-corrected chi connectivity index (χ3v) is 3.14. The number of hydrogen-bond acceptors (Lipinski definition) is 5. The smallest absolute Gasteiger partial charge is 0.272 e. The number of nitrogens with two attached hydrogens (primary N) is 1. The molecule has 7 nitrogen and oxygen atoms in total. The van der Waals surface area contributed by atoms with Crippen molar-refractivity contribution in [2.24, 2.45) is 5.84 Å². The van der Waals surface area contributed by atoms with Crippen molar-refractivity contribution in [1.29, 1.82) is 0 Å². The van der Waals surface area contributed by atoms with Crippen molar-refractivity contribution in [2.75, 3.05) is 0 Å². The Hall–Kier alpha value is -2.38. The molecule has 0 saturated carbocycles. The van der Waals surface area contributed by atoms with Gasteiger partial charge in [-0.2, -0.15) is 0 Å². The van der Waals surface area contributed by atoms with Crippen LogP contribution in [0.15, 0.2) is 36.9 Å². The van der Waals surface area contributed by atoms with Crippen LogP contribution in [0.3, 0.4) is 0 Å². The molecule has 7 heteroatoms. The Morgan fingerprint density at radius 1 is 1.20 bits per heavy atom. The van der Waals surface area contributed by atoms with Gasteiger partial charge in [-0.25, -0.2) is 11.3 Å². The average Bonchev–Trinajstić information content (AvgIpc) is 2.60. The van der Waals surface area contributed by atoms with E-state index in [-0.39, 0.29) is 18.7 Å². The van der Waals surface area contributed by atoms with E-state index in [0.29, 0.717) is 18.6 Å². The van der Waals surface area contributed by atoms with Crippen LogP contribution in [-0.2, 0) is 9.59 Å². The van der Waals surface area contributed by atoms with E-state index in [4.69, 9.17) is 15.9 Å². The Morgan fingerprint density at radius 2 is 1.72 bits per heavy atom. The molecular weight excluding hydrogens is 322 g/mol. The highest BCUT2D eigenvalue weighted by Crippen LogP contribution is 2.13. The highest BCUT2D eigenvalue weighted by Gasteiger charge is 2.11. The number of nitrogens with one attached hydrogen (secondary N) is 1. The highest BCUT2D eigenvalue weighted by molar-refractivity contribution is 5.74. The summed E-state index contributed by atoms with van der Waals surface area (Å²) in [6.07, 6.45) is 5.28. The Labute approximate surface area is 149 Å². The average molecular weight is 351 g/mol. The second-order valence-electron chi connectivity index (χ2n) is 5.48. The number of nitrogens with zero attached hydrogens (tertiary/aromatic N) is 1. The van der Waals surface area contributed by atoms with E-state index in [1.54, 1.807) is 23.7 Å².